The number of nitrogens with zero attached hydrogens (tertiary/aromatic N) is 2. The highest BCUT2D eigenvalue weighted by Gasteiger charge is 2.15. The zero-order valence-corrected chi connectivity index (χ0v) is 12.2. The SMILES string of the molecule is CCCNCc1cccnc1N(C)C(CC)CC. The first-order chi connectivity index (χ1) is 8.74. The quantitative estimate of drug-likeness (QED) is 0.717. The highest BCUT2D eigenvalue weighted by molar-refractivity contribution is 5.46. The van der Waals surface area contributed by atoms with Gasteiger partial charge in [0, 0.05) is 31.4 Å². The number of nitrogens with one attached hydrogen (secondary N) is 1. The van der Waals surface area contributed by atoms with Crippen LogP contribution in [0.25, 0.3) is 0 Å². The van der Waals surface area contributed by atoms with Crippen LogP contribution in [-0.2, 0) is 6.54 Å². The van der Waals surface area contributed by atoms with Crippen molar-refractivity contribution in [1.29, 1.82) is 0 Å². The van der Waals surface area contributed by atoms with Gasteiger partial charge in [0.15, 0.2) is 0 Å². The average Bonchev–Trinajstić information content (AvgIpc) is 2.41. The molecule has 0 bridgehead atoms. The minimum atomic E-state index is 0.574. The second kappa shape index (κ2) is 8.09. The van der Waals surface area contributed by atoms with E-state index in [0.717, 1.165) is 38.2 Å². The van der Waals surface area contributed by atoms with Crippen molar-refractivity contribution in [2.75, 3.05) is 18.5 Å². The topological polar surface area (TPSA) is 28.2 Å². The van der Waals surface area contributed by atoms with Gasteiger partial charge in [0.1, 0.15) is 5.82 Å². The Labute approximate surface area is 112 Å². The molecule has 0 amide bonds. The third kappa shape index (κ3) is 3.98. The highest BCUT2D eigenvalue weighted by Crippen LogP contribution is 2.20. The summed E-state index contributed by atoms with van der Waals surface area (Å²) in [6.07, 6.45) is 5.37. The van der Waals surface area contributed by atoms with Crippen molar-refractivity contribution in [3.05, 3.63) is 23.9 Å². The van der Waals surface area contributed by atoms with E-state index in [1.165, 1.54) is 5.56 Å². The summed E-state index contributed by atoms with van der Waals surface area (Å²) in [6, 6.07) is 4.77. The second-order valence-corrected chi connectivity index (χ2v) is 4.74. The van der Waals surface area contributed by atoms with Gasteiger partial charge in [-0.25, -0.2) is 4.98 Å². The van der Waals surface area contributed by atoms with Crippen LogP contribution < -0.4 is 10.2 Å². The van der Waals surface area contributed by atoms with Crippen LogP contribution in [0.5, 0.6) is 0 Å². The molecule has 0 aliphatic carbocycles. The predicted molar refractivity (Wildman–Crippen MR) is 79.0 cm³/mol. The summed E-state index contributed by atoms with van der Waals surface area (Å²) in [4.78, 5) is 6.88. The van der Waals surface area contributed by atoms with E-state index in [0.29, 0.717) is 6.04 Å². The fraction of sp³-hybridized carbons (Fsp3) is 0.667. The zero-order chi connectivity index (χ0) is 13.4. The summed E-state index contributed by atoms with van der Waals surface area (Å²) in [7, 11) is 2.16. The molecule has 0 aromatic carbocycles. The van der Waals surface area contributed by atoms with Crippen molar-refractivity contribution in [1.82, 2.24) is 10.3 Å². The van der Waals surface area contributed by atoms with E-state index >= 15 is 0 Å². The van der Waals surface area contributed by atoms with E-state index in [9.17, 15) is 0 Å². The van der Waals surface area contributed by atoms with Gasteiger partial charge in [0.25, 0.3) is 0 Å². The van der Waals surface area contributed by atoms with Gasteiger partial charge in [0.05, 0.1) is 0 Å². The summed E-state index contributed by atoms with van der Waals surface area (Å²) < 4.78 is 0. The first-order valence-corrected chi connectivity index (χ1v) is 7.11. The van der Waals surface area contributed by atoms with Crippen molar-refractivity contribution in [2.24, 2.45) is 0 Å². The summed E-state index contributed by atoms with van der Waals surface area (Å²) in [5, 5.41) is 3.45. The molecule has 0 aliphatic rings. The van der Waals surface area contributed by atoms with E-state index in [-0.39, 0.29) is 0 Å². The van der Waals surface area contributed by atoms with E-state index in [2.05, 4.69) is 49.1 Å². The van der Waals surface area contributed by atoms with Gasteiger partial charge >= 0.3 is 0 Å². The number of pyridine rings is 1. The Morgan fingerprint density at radius 3 is 2.61 bits per heavy atom. The number of hydrogen-bond donors (Lipinski definition) is 1. The molecule has 0 radical (unpaired) electrons. The lowest BCUT2D eigenvalue weighted by molar-refractivity contribution is 0.581. The van der Waals surface area contributed by atoms with Crippen molar-refractivity contribution in [2.45, 2.75) is 52.6 Å². The summed E-state index contributed by atoms with van der Waals surface area (Å²) in [5.41, 5.74) is 1.29. The van der Waals surface area contributed by atoms with Gasteiger partial charge in [-0.2, -0.15) is 0 Å². The summed E-state index contributed by atoms with van der Waals surface area (Å²) in [5.74, 6) is 1.12. The van der Waals surface area contributed by atoms with Crippen LogP contribution >= 0.6 is 0 Å². The molecular formula is C15H27N3. The average molecular weight is 249 g/mol. The van der Waals surface area contributed by atoms with Crippen LogP contribution in [0.4, 0.5) is 5.82 Å². The van der Waals surface area contributed by atoms with Crippen LogP contribution in [0.3, 0.4) is 0 Å². The Kier molecular flexibility index (Phi) is 6.73. The van der Waals surface area contributed by atoms with Crippen LogP contribution in [0.15, 0.2) is 18.3 Å². The standard InChI is InChI=1S/C15H27N3/c1-5-10-16-12-13-9-8-11-17-15(13)18(4)14(6-2)7-3/h8-9,11,14,16H,5-7,10,12H2,1-4H3. The lowest BCUT2D eigenvalue weighted by Crippen LogP contribution is -2.32. The summed E-state index contributed by atoms with van der Waals surface area (Å²) >= 11 is 0. The molecule has 1 heterocycles. The molecule has 1 aromatic rings. The molecule has 1 N–H and O–H groups in total. The zero-order valence-electron chi connectivity index (χ0n) is 12.2. The molecule has 3 heteroatoms. The van der Waals surface area contributed by atoms with Crippen molar-refractivity contribution >= 4 is 5.82 Å². The van der Waals surface area contributed by atoms with Crippen molar-refractivity contribution in [3.8, 4) is 0 Å². The van der Waals surface area contributed by atoms with E-state index in [4.69, 9.17) is 0 Å². The number of hydrogen-bond acceptors (Lipinski definition) is 3. The monoisotopic (exact) mass is 249 g/mol. The molecule has 18 heavy (non-hydrogen) atoms. The van der Waals surface area contributed by atoms with E-state index in [1.54, 1.807) is 0 Å². The van der Waals surface area contributed by atoms with Gasteiger partial charge < -0.3 is 10.2 Å². The molecule has 1 aromatic heterocycles. The van der Waals surface area contributed by atoms with Crippen molar-refractivity contribution < 1.29 is 0 Å². The largest absolute Gasteiger partial charge is 0.356 e. The van der Waals surface area contributed by atoms with Crippen LogP contribution in [0.1, 0.15) is 45.6 Å². The van der Waals surface area contributed by atoms with Gasteiger partial charge in [-0.3, -0.25) is 0 Å². The predicted octanol–water partition coefficient (Wildman–Crippen LogP) is 3.21. The molecule has 102 valence electrons. The Morgan fingerprint density at radius 2 is 2.00 bits per heavy atom. The molecule has 0 saturated carbocycles. The fourth-order valence-corrected chi connectivity index (χ4v) is 2.30. The van der Waals surface area contributed by atoms with Crippen LogP contribution in [0.2, 0.25) is 0 Å². The first-order valence-electron chi connectivity index (χ1n) is 7.11. The molecule has 0 saturated heterocycles. The Balaban J connectivity index is 2.79. The molecule has 3 nitrogen and oxygen atoms in total. The number of rotatable bonds is 8. The second-order valence-electron chi connectivity index (χ2n) is 4.74. The molecule has 0 aliphatic heterocycles. The molecule has 0 fully saturated rings. The van der Waals surface area contributed by atoms with Gasteiger partial charge in [-0.15, -0.1) is 0 Å². The van der Waals surface area contributed by atoms with Crippen molar-refractivity contribution in [3.63, 3.8) is 0 Å². The molecule has 1 rings (SSSR count). The van der Waals surface area contributed by atoms with Gasteiger partial charge in [-0.05, 0) is 31.9 Å². The van der Waals surface area contributed by atoms with Crippen LogP contribution in [0, 0.1) is 0 Å². The van der Waals surface area contributed by atoms with Crippen LogP contribution in [-0.4, -0.2) is 24.6 Å². The Bertz CT molecular complexity index is 334. The maximum Gasteiger partial charge on any atom is 0.132 e. The number of anilines is 1. The first kappa shape index (κ1) is 15.0. The smallest absolute Gasteiger partial charge is 0.132 e. The van der Waals surface area contributed by atoms with Gasteiger partial charge in [-0.1, -0.05) is 26.8 Å². The van der Waals surface area contributed by atoms with Gasteiger partial charge in [0.2, 0.25) is 0 Å². The minimum absolute atomic E-state index is 0.574. The van der Waals surface area contributed by atoms with E-state index < -0.39 is 0 Å². The lowest BCUT2D eigenvalue weighted by atomic mass is 10.1. The Hall–Kier alpha value is -1.09. The third-order valence-corrected chi connectivity index (χ3v) is 3.43. The molecule has 0 spiro atoms. The maximum atomic E-state index is 4.56. The normalized spacial score (nSPS) is 10.9. The van der Waals surface area contributed by atoms with E-state index in [1.807, 2.05) is 12.3 Å². The Morgan fingerprint density at radius 1 is 1.28 bits per heavy atom. The fourth-order valence-electron chi connectivity index (χ4n) is 2.30. The highest BCUT2D eigenvalue weighted by atomic mass is 15.2. The molecule has 0 atom stereocenters. The minimum Gasteiger partial charge on any atom is -0.356 e. The maximum absolute atomic E-state index is 4.56. The third-order valence-electron chi connectivity index (χ3n) is 3.43. The molecule has 0 unspecified atom stereocenters. The lowest BCUT2D eigenvalue weighted by Gasteiger charge is -2.29. The number of aromatic nitrogens is 1. The summed E-state index contributed by atoms with van der Waals surface area (Å²) in [6.45, 7) is 8.63. The molecular weight excluding hydrogens is 222 g/mol.